The highest BCUT2D eigenvalue weighted by Crippen LogP contribution is 2.23. The Bertz CT molecular complexity index is 985. The largest absolute Gasteiger partial charge is 0.385 e. The van der Waals surface area contributed by atoms with E-state index in [9.17, 15) is 20.0 Å². The third-order valence-corrected chi connectivity index (χ3v) is 4.32. The molecule has 0 aliphatic carbocycles. The molecule has 0 fully saturated rings. The van der Waals surface area contributed by atoms with Crippen LogP contribution in [0.2, 0.25) is 0 Å². The molecule has 0 saturated carbocycles. The average Bonchev–Trinajstić information content (AvgIpc) is 3.19. The number of nitro groups is 1. The van der Waals surface area contributed by atoms with Crippen molar-refractivity contribution in [2.24, 2.45) is 0 Å². The number of aromatic nitrogens is 3. The Kier molecular flexibility index (Phi) is 5.46. The summed E-state index contributed by atoms with van der Waals surface area (Å²) in [5, 5.41) is 31.8. The first-order valence-corrected chi connectivity index (χ1v) is 8.60. The van der Waals surface area contributed by atoms with Crippen molar-refractivity contribution in [1.82, 2.24) is 20.3 Å². The number of hydrogen-bond donors (Lipinski definition) is 2. The first-order valence-electron chi connectivity index (χ1n) is 8.60. The number of benzene rings is 2. The van der Waals surface area contributed by atoms with Gasteiger partial charge in [-0.25, -0.2) is 4.68 Å². The van der Waals surface area contributed by atoms with Crippen LogP contribution >= 0.6 is 0 Å². The minimum absolute atomic E-state index is 0.0749. The van der Waals surface area contributed by atoms with Crippen LogP contribution in [0, 0.1) is 10.1 Å². The van der Waals surface area contributed by atoms with Crippen LogP contribution in [0.5, 0.6) is 0 Å². The molecule has 1 unspecified atom stereocenters. The molecule has 3 aromatic rings. The Morgan fingerprint density at radius 2 is 2.00 bits per heavy atom. The summed E-state index contributed by atoms with van der Waals surface area (Å²) >= 11 is 0. The highest BCUT2D eigenvalue weighted by Gasteiger charge is 2.23. The van der Waals surface area contributed by atoms with Crippen molar-refractivity contribution in [2.45, 2.75) is 18.9 Å². The fourth-order valence-electron chi connectivity index (χ4n) is 2.69. The lowest BCUT2D eigenvalue weighted by atomic mass is 9.93. The first kappa shape index (κ1) is 19.2. The number of amides is 1. The van der Waals surface area contributed by atoms with E-state index in [4.69, 9.17) is 0 Å². The molecule has 144 valence electrons. The van der Waals surface area contributed by atoms with Gasteiger partial charge in [-0.15, -0.1) is 5.10 Å². The van der Waals surface area contributed by atoms with E-state index in [0.717, 1.165) is 5.56 Å². The lowest BCUT2D eigenvalue weighted by Crippen LogP contribution is -2.31. The summed E-state index contributed by atoms with van der Waals surface area (Å²) in [6.07, 6.45) is 1.71. The molecular weight excluding hydrogens is 362 g/mol. The molecule has 0 aliphatic heterocycles. The van der Waals surface area contributed by atoms with E-state index in [0.29, 0.717) is 12.1 Å². The van der Waals surface area contributed by atoms with E-state index in [1.54, 1.807) is 13.0 Å². The first-order chi connectivity index (χ1) is 13.4. The highest BCUT2D eigenvalue weighted by molar-refractivity contribution is 5.91. The second-order valence-electron chi connectivity index (χ2n) is 6.47. The maximum Gasteiger partial charge on any atom is 0.273 e. The van der Waals surface area contributed by atoms with Crippen LogP contribution in [0.25, 0.3) is 5.69 Å². The SMILES string of the molecule is CC(O)(CCNC(=O)c1cn(-c2cccc([N+](=O)[O-])c2)nn1)c1ccccc1. The smallest absolute Gasteiger partial charge is 0.273 e. The molecule has 2 aromatic carbocycles. The van der Waals surface area contributed by atoms with E-state index in [1.807, 2.05) is 30.3 Å². The number of carbonyl (C=O) groups excluding carboxylic acids is 1. The van der Waals surface area contributed by atoms with Gasteiger partial charge in [0.25, 0.3) is 11.6 Å². The monoisotopic (exact) mass is 381 g/mol. The molecule has 1 aromatic heterocycles. The van der Waals surface area contributed by atoms with Gasteiger partial charge in [0.1, 0.15) is 0 Å². The predicted molar refractivity (Wildman–Crippen MR) is 101 cm³/mol. The number of nitrogens with zero attached hydrogens (tertiary/aromatic N) is 4. The lowest BCUT2D eigenvalue weighted by molar-refractivity contribution is -0.384. The third kappa shape index (κ3) is 4.38. The van der Waals surface area contributed by atoms with Gasteiger partial charge >= 0.3 is 0 Å². The quantitative estimate of drug-likeness (QED) is 0.478. The summed E-state index contributed by atoms with van der Waals surface area (Å²) in [4.78, 5) is 22.6. The van der Waals surface area contributed by atoms with E-state index < -0.39 is 16.4 Å². The van der Waals surface area contributed by atoms with Crippen LogP contribution in [-0.4, -0.2) is 37.5 Å². The molecule has 2 N–H and O–H groups in total. The van der Waals surface area contributed by atoms with Crippen LogP contribution in [0.3, 0.4) is 0 Å². The summed E-state index contributed by atoms with van der Waals surface area (Å²) in [5.41, 5.74) is 0.108. The van der Waals surface area contributed by atoms with Crippen LogP contribution in [-0.2, 0) is 5.60 Å². The zero-order chi connectivity index (χ0) is 20.1. The van der Waals surface area contributed by atoms with Gasteiger partial charge in [0.2, 0.25) is 0 Å². The van der Waals surface area contributed by atoms with Crippen molar-refractivity contribution in [3.63, 3.8) is 0 Å². The maximum atomic E-state index is 12.3. The molecule has 0 bridgehead atoms. The zero-order valence-corrected chi connectivity index (χ0v) is 15.1. The molecular formula is C19H19N5O4. The molecule has 1 heterocycles. The van der Waals surface area contributed by atoms with Crippen LogP contribution < -0.4 is 5.32 Å². The number of nitro benzene ring substituents is 1. The van der Waals surface area contributed by atoms with Gasteiger partial charge < -0.3 is 10.4 Å². The Labute approximate surface area is 160 Å². The van der Waals surface area contributed by atoms with Crippen LogP contribution in [0.15, 0.2) is 60.8 Å². The molecule has 3 rings (SSSR count). The molecule has 0 radical (unpaired) electrons. The van der Waals surface area contributed by atoms with Crippen molar-refractivity contribution in [3.8, 4) is 5.69 Å². The number of rotatable bonds is 7. The van der Waals surface area contributed by atoms with E-state index in [2.05, 4.69) is 15.6 Å². The summed E-state index contributed by atoms with van der Waals surface area (Å²) < 4.78 is 1.29. The molecule has 1 atom stereocenters. The van der Waals surface area contributed by atoms with Crippen molar-refractivity contribution in [3.05, 3.63) is 82.2 Å². The Hall–Kier alpha value is -3.59. The van der Waals surface area contributed by atoms with Crippen molar-refractivity contribution >= 4 is 11.6 Å². The molecule has 1 amide bonds. The molecule has 0 saturated heterocycles. The van der Waals surface area contributed by atoms with Gasteiger partial charge in [-0.05, 0) is 25.0 Å². The van der Waals surface area contributed by atoms with Gasteiger partial charge in [0.05, 0.1) is 22.4 Å². The Morgan fingerprint density at radius 3 is 2.71 bits per heavy atom. The molecule has 0 aliphatic rings. The minimum Gasteiger partial charge on any atom is -0.385 e. The lowest BCUT2D eigenvalue weighted by Gasteiger charge is -2.23. The summed E-state index contributed by atoms with van der Waals surface area (Å²) in [6, 6.07) is 15.1. The Balaban J connectivity index is 1.62. The van der Waals surface area contributed by atoms with Gasteiger partial charge in [-0.1, -0.05) is 41.6 Å². The maximum absolute atomic E-state index is 12.3. The Morgan fingerprint density at radius 1 is 1.25 bits per heavy atom. The normalized spacial score (nSPS) is 12.9. The van der Waals surface area contributed by atoms with Gasteiger partial charge in [0, 0.05) is 18.7 Å². The molecule has 0 spiro atoms. The number of nitrogens with one attached hydrogen (secondary N) is 1. The second-order valence-corrected chi connectivity index (χ2v) is 6.47. The minimum atomic E-state index is -1.07. The van der Waals surface area contributed by atoms with E-state index in [-0.39, 0.29) is 17.9 Å². The molecule has 9 nitrogen and oxygen atoms in total. The fraction of sp³-hybridized carbons (Fsp3) is 0.211. The number of non-ortho nitro benzene ring substituents is 1. The topological polar surface area (TPSA) is 123 Å². The average molecular weight is 381 g/mol. The van der Waals surface area contributed by atoms with Crippen molar-refractivity contribution in [2.75, 3.05) is 6.54 Å². The van der Waals surface area contributed by atoms with E-state index in [1.165, 1.54) is 29.1 Å². The standard InChI is InChI=1S/C19H19N5O4/c1-19(26,14-6-3-2-4-7-14)10-11-20-18(25)17-13-23(22-21-17)15-8-5-9-16(12-15)24(27)28/h2-9,12-13,26H,10-11H2,1H3,(H,20,25). The van der Waals surface area contributed by atoms with Gasteiger partial charge in [-0.3, -0.25) is 14.9 Å². The van der Waals surface area contributed by atoms with Crippen LogP contribution in [0.4, 0.5) is 5.69 Å². The van der Waals surface area contributed by atoms with Gasteiger partial charge in [0.15, 0.2) is 5.69 Å². The third-order valence-electron chi connectivity index (χ3n) is 4.32. The van der Waals surface area contributed by atoms with Gasteiger partial charge in [-0.2, -0.15) is 0 Å². The fourth-order valence-corrected chi connectivity index (χ4v) is 2.69. The number of aliphatic hydroxyl groups is 1. The summed E-state index contributed by atoms with van der Waals surface area (Å²) in [5.74, 6) is -0.444. The number of carbonyl (C=O) groups is 1. The van der Waals surface area contributed by atoms with Crippen LogP contribution in [0.1, 0.15) is 29.4 Å². The zero-order valence-electron chi connectivity index (χ0n) is 15.1. The highest BCUT2D eigenvalue weighted by atomic mass is 16.6. The van der Waals surface area contributed by atoms with Crippen molar-refractivity contribution in [1.29, 1.82) is 0 Å². The number of hydrogen-bond acceptors (Lipinski definition) is 6. The van der Waals surface area contributed by atoms with E-state index >= 15 is 0 Å². The molecule has 28 heavy (non-hydrogen) atoms. The van der Waals surface area contributed by atoms with Crippen molar-refractivity contribution < 1.29 is 14.8 Å². The second kappa shape index (κ2) is 7.97. The summed E-state index contributed by atoms with van der Waals surface area (Å²) in [7, 11) is 0. The summed E-state index contributed by atoms with van der Waals surface area (Å²) in [6.45, 7) is 1.93. The predicted octanol–water partition coefficient (Wildman–Crippen LogP) is 2.20. The molecule has 9 heteroatoms.